The molecule has 1 aliphatic heterocycles. The molecular weight excluding hydrogens is 364 g/mol. The molecule has 0 bridgehead atoms. The number of benzene rings is 1. The molecule has 1 unspecified atom stereocenters. The molecular formula is C22H36N6O. The number of para-hydroxylation sites is 1. The van der Waals surface area contributed by atoms with Crippen LogP contribution in [0.4, 0.5) is 0 Å². The summed E-state index contributed by atoms with van der Waals surface area (Å²) in [7, 11) is 1.74. The maximum Gasteiger partial charge on any atom is 0.169 e. The molecule has 160 valence electrons. The van der Waals surface area contributed by atoms with Crippen molar-refractivity contribution in [1.82, 2.24) is 30.0 Å². The summed E-state index contributed by atoms with van der Waals surface area (Å²) in [6.07, 6.45) is 0.989. The first-order valence-electron chi connectivity index (χ1n) is 10.7. The van der Waals surface area contributed by atoms with E-state index >= 15 is 0 Å². The van der Waals surface area contributed by atoms with E-state index in [0.29, 0.717) is 5.92 Å². The minimum Gasteiger partial charge on any atom is -0.496 e. The number of rotatable bonds is 8. The number of hydrogen-bond donors (Lipinski definition) is 0. The molecule has 0 radical (unpaired) electrons. The van der Waals surface area contributed by atoms with E-state index in [1.54, 1.807) is 7.11 Å². The van der Waals surface area contributed by atoms with Gasteiger partial charge in [-0.1, -0.05) is 39.0 Å². The van der Waals surface area contributed by atoms with Crippen LogP contribution in [-0.4, -0.2) is 63.3 Å². The van der Waals surface area contributed by atoms with Crippen molar-refractivity contribution < 1.29 is 4.74 Å². The second-order valence-corrected chi connectivity index (χ2v) is 8.93. The van der Waals surface area contributed by atoms with Crippen molar-refractivity contribution in [3.05, 3.63) is 35.7 Å². The lowest BCUT2D eigenvalue weighted by atomic mass is 9.97. The number of tetrazole rings is 1. The van der Waals surface area contributed by atoms with Gasteiger partial charge in [0.15, 0.2) is 5.82 Å². The Morgan fingerprint density at radius 2 is 1.79 bits per heavy atom. The Kier molecular flexibility index (Phi) is 6.90. The number of piperazine rings is 1. The largest absolute Gasteiger partial charge is 0.496 e. The van der Waals surface area contributed by atoms with Gasteiger partial charge in [0.25, 0.3) is 0 Å². The highest BCUT2D eigenvalue weighted by Crippen LogP contribution is 2.31. The van der Waals surface area contributed by atoms with E-state index in [0.717, 1.165) is 50.7 Å². The molecule has 1 aromatic heterocycles. The second kappa shape index (κ2) is 9.22. The third kappa shape index (κ3) is 4.78. The van der Waals surface area contributed by atoms with Gasteiger partial charge in [-0.25, -0.2) is 4.68 Å². The fourth-order valence-corrected chi connectivity index (χ4v) is 4.12. The molecule has 7 nitrogen and oxygen atoms in total. The number of nitrogens with zero attached hydrogens (tertiary/aromatic N) is 6. The van der Waals surface area contributed by atoms with Gasteiger partial charge in [0, 0.05) is 38.3 Å². The molecule has 1 saturated heterocycles. The van der Waals surface area contributed by atoms with Crippen LogP contribution in [0, 0.1) is 5.92 Å². The Morgan fingerprint density at radius 1 is 1.10 bits per heavy atom. The maximum absolute atomic E-state index is 5.52. The molecule has 1 fully saturated rings. The van der Waals surface area contributed by atoms with Gasteiger partial charge < -0.3 is 4.74 Å². The van der Waals surface area contributed by atoms with E-state index in [1.165, 1.54) is 5.56 Å². The Bertz CT molecular complexity index is 779. The van der Waals surface area contributed by atoms with Gasteiger partial charge in [0.1, 0.15) is 5.75 Å². The van der Waals surface area contributed by atoms with E-state index < -0.39 is 0 Å². The predicted octanol–water partition coefficient (Wildman–Crippen LogP) is 3.34. The van der Waals surface area contributed by atoms with Crippen LogP contribution in [0.25, 0.3) is 0 Å². The highest BCUT2D eigenvalue weighted by Gasteiger charge is 2.34. The van der Waals surface area contributed by atoms with E-state index in [-0.39, 0.29) is 11.6 Å². The van der Waals surface area contributed by atoms with Crippen molar-refractivity contribution in [2.24, 2.45) is 5.92 Å². The summed E-state index contributed by atoms with van der Waals surface area (Å²) in [5.41, 5.74) is 1.16. The SMILES string of the molecule is CCC(C)(C)n1nnnc1C(C(C)C)N1CCN(Cc2ccccc2OC)CC1. The molecule has 2 heterocycles. The minimum atomic E-state index is -0.0857. The predicted molar refractivity (Wildman–Crippen MR) is 115 cm³/mol. The summed E-state index contributed by atoms with van der Waals surface area (Å²) in [6.45, 7) is 16.1. The molecule has 7 heteroatoms. The fraction of sp³-hybridized carbons (Fsp3) is 0.682. The normalized spacial score (nSPS) is 17.6. The van der Waals surface area contributed by atoms with Gasteiger partial charge in [-0.05, 0) is 42.7 Å². The van der Waals surface area contributed by atoms with Gasteiger partial charge in [-0.3, -0.25) is 9.80 Å². The van der Waals surface area contributed by atoms with Crippen LogP contribution in [0.3, 0.4) is 0 Å². The molecule has 1 atom stereocenters. The van der Waals surface area contributed by atoms with Crippen LogP contribution in [0.15, 0.2) is 24.3 Å². The van der Waals surface area contributed by atoms with Crippen molar-refractivity contribution in [2.75, 3.05) is 33.3 Å². The Balaban J connectivity index is 1.71. The second-order valence-electron chi connectivity index (χ2n) is 8.93. The van der Waals surface area contributed by atoms with Crippen LogP contribution >= 0.6 is 0 Å². The highest BCUT2D eigenvalue weighted by molar-refractivity contribution is 5.33. The average molecular weight is 401 g/mol. The van der Waals surface area contributed by atoms with Crippen molar-refractivity contribution in [3.8, 4) is 5.75 Å². The van der Waals surface area contributed by atoms with E-state index in [4.69, 9.17) is 4.74 Å². The van der Waals surface area contributed by atoms with Gasteiger partial charge in [0.05, 0.1) is 18.7 Å². The molecule has 1 aromatic carbocycles. The minimum absolute atomic E-state index is 0.0857. The Morgan fingerprint density at radius 3 is 2.41 bits per heavy atom. The first-order valence-corrected chi connectivity index (χ1v) is 10.7. The van der Waals surface area contributed by atoms with Crippen molar-refractivity contribution in [1.29, 1.82) is 0 Å². The van der Waals surface area contributed by atoms with Crippen molar-refractivity contribution in [2.45, 2.75) is 59.2 Å². The zero-order chi connectivity index (χ0) is 21.0. The zero-order valence-electron chi connectivity index (χ0n) is 18.8. The Hall–Kier alpha value is -1.99. The molecule has 0 N–H and O–H groups in total. The third-order valence-corrected chi connectivity index (χ3v) is 6.21. The molecule has 2 aromatic rings. The van der Waals surface area contributed by atoms with Gasteiger partial charge >= 0.3 is 0 Å². The van der Waals surface area contributed by atoms with Crippen LogP contribution in [-0.2, 0) is 12.1 Å². The lowest BCUT2D eigenvalue weighted by molar-refractivity contribution is 0.0628. The molecule has 1 aliphatic rings. The van der Waals surface area contributed by atoms with E-state index in [9.17, 15) is 0 Å². The van der Waals surface area contributed by atoms with Gasteiger partial charge in [0.2, 0.25) is 0 Å². The molecule has 29 heavy (non-hydrogen) atoms. The molecule has 0 saturated carbocycles. The molecule has 0 spiro atoms. The van der Waals surface area contributed by atoms with Crippen LogP contribution in [0.2, 0.25) is 0 Å². The fourth-order valence-electron chi connectivity index (χ4n) is 4.12. The highest BCUT2D eigenvalue weighted by atomic mass is 16.5. The summed E-state index contributed by atoms with van der Waals surface area (Å²) in [5.74, 6) is 2.40. The number of methoxy groups -OCH3 is 1. The topological polar surface area (TPSA) is 59.3 Å². The number of aromatic nitrogens is 4. The summed E-state index contributed by atoms with van der Waals surface area (Å²) in [6, 6.07) is 8.52. The first kappa shape index (κ1) is 21.7. The van der Waals surface area contributed by atoms with Crippen molar-refractivity contribution in [3.63, 3.8) is 0 Å². The summed E-state index contributed by atoms with van der Waals surface area (Å²) < 4.78 is 7.56. The summed E-state index contributed by atoms with van der Waals surface area (Å²) in [4.78, 5) is 5.06. The van der Waals surface area contributed by atoms with Gasteiger partial charge in [-0.15, -0.1) is 5.10 Å². The first-order chi connectivity index (χ1) is 13.9. The summed E-state index contributed by atoms with van der Waals surface area (Å²) in [5, 5.41) is 12.9. The Labute approximate surface area is 175 Å². The molecule has 0 amide bonds. The third-order valence-electron chi connectivity index (χ3n) is 6.21. The van der Waals surface area contributed by atoms with E-state index in [2.05, 4.69) is 72.1 Å². The average Bonchev–Trinajstić information content (AvgIpc) is 3.20. The number of hydrogen-bond acceptors (Lipinski definition) is 6. The van der Waals surface area contributed by atoms with Gasteiger partial charge in [-0.2, -0.15) is 0 Å². The zero-order valence-corrected chi connectivity index (χ0v) is 18.8. The van der Waals surface area contributed by atoms with Crippen LogP contribution in [0.5, 0.6) is 5.75 Å². The lowest BCUT2D eigenvalue weighted by Crippen LogP contribution is -2.49. The summed E-state index contributed by atoms with van der Waals surface area (Å²) >= 11 is 0. The lowest BCUT2D eigenvalue weighted by Gasteiger charge is -2.41. The number of ether oxygens (including phenoxy) is 1. The monoisotopic (exact) mass is 400 g/mol. The van der Waals surface area contributed by atoms with Crippen molar-refractivity contribution >= 4 is 0 Å². The standard InChI is InChI=1S/C22H36N6O/c1-7-22(4,5)28-21(23-24-25-28)20(17(2)3)27-14-12-26(13-15-27)16-18-10-8-9-11-19(18)29-6/h8-11,17,20H,7,12-16H2,1-6H3. The van der Waals surface area contributed by atoms with Crippen LogP contribution in [0.1, 0.15) is 58.5 Å². The maximum atomic E-state index is 5.52. The quantitative estimate of drug-likeness (QED) is 0.677. The van der Waals surface area contributed by atoms with E-state index in [1.807, 2.05) is 16.8 Å². The molecule has 0 aliphatic carbocycles. The van der Waals surface area contributed by atoms with Crippen LogP contribution < -0.4 is 4.74 Å². The molecule has 3 rings (SSSR count). The smallest absolute Gasteiger partial charge is 0.169 e.